The summed E-state index contributed by atoms with van der Waals surface area (Å²) < 4.78 is 48.7. The molecule has 2 aromatic rings. The number of anilines is 1. The summed E-state index contributed by atoms with van der Waals surface area (Å²) in [6.45, 7) is 4.87. The minimum Gasteiger partial charge on any atom is -0.376 e. The first-order valence-corrected chi connectivity index (χ1v) is 14.0. The third kappa shape index (κ3) is 4.08. The summed E-state index contributed by atoms with van der Waals surface area (Å²) in [5, 5.41) is -0.301. The third-order valence-corrected chi connectivity index (χ3v) is 10.8. The number of nitrogens with zero attached hydrogens (tertiary/aromatic N) is 1. The number of piperidine rings is 1. The number of fused-ring (bicyclic) bond motifs is 2. The lowest BCUT2D eigenvalue weighted by Crippen LogP contribution is -2.46. The number of nitrogens with one attached hydrogen (secondary N) is 1. The van der Waals surface area contributed by atoms with Crippen molar-refractivity contribution in [2.45, 2.75) is 55.3 Å². The molecule has 0 aromatic heterocycles. The van der Waals surface area contributed by atoms with Gasteiger partial charge in [0.05, 0.1) is 10.9 Å². The van der Waals surface area contributed by atoms with E-state index in [9.17, 15) is 8.42 Å². The van der Waals surface area contributed by atoms with Crippen LogP contribution in [0.2, 0.25) is 0 Å². The van der Waals surface area contributed by atoms with Crippen LogP contribution in [0.3, 0.4) is 0 Å². The molecule has 3 aliphatic carbocycles. The molecule has 0 bridgehead atoms. The number of hydrogen-bond acceptors (Lipinski definition) is 4. The molecule has 2 saturated carbocycles. The van der Waals surface area contributed by atoms with Crippen molar-refractivity contribution in [3.05, 3.63) is 65.0 Å². The Kier molecular flexibility index (Phi) is 6.23. The van der Waals surface area contributed by atoms with Crippen molar-refractivity contribution in [1.29, 1.82) is 0 Å². The zero-order valence-electron chi connectivity index (χ0n) is 20.3. The Morgan fingerprint density at radius 1 is 1.09 bits per heavy atom. The maximum atomic E-state index is 15.1. The van der Waals surface area contributed by atoms with Gasteiger partial charge in [-0.25, -0.2) is 12.8 Å². The number of sulfonamides is 1. The quantitative estimate of drug-likeness (QED) is 0.555. The Morgan fingerprint density at radius 2 is 1.71 bits per heavy atom. The van der Waals surface area contributed by atoms with E-state index in [1.807, 2.05) is 7.11 Å². The Bertz CT molecular complexity index is 1200. The number of benzene rings is 2. The zero-order valence-corrected chi connectivity index (χ0v) is 21.9. The van der Waals surface area contributed by atoms with Crippen LogP contribution in [0, 0.1) is 17.7 Å². The Hall–Kier alpha value is -1.67. The minimum atomic E-state index is -3.37. The molecule has 0 radical (unpaired) electrons. The first kappa shape index (κ1) is 25.0. The highest BCUT2D eigenvalue weighted by molar-refractivity contribution is 7.93. The van der Waals surface area contributed by atoms with Crippen LogP contribution in [0.5, 0.6) is 0 Å². The second-order valence-corrected chi connectivity index (χ2v) is 12.8. The first-order chi connectivity index (χ1) is 16.3. The van der Waals surface area contributed by atoms with Crippen LogP contribution in [0.1, 0.15) is 42.9 Å². The van der Waals surface area contributed by atoms with Crippen molar-refractivity contribution in [3.63, 3.8) is 0 Å². The predicted octanol–water partition coefficient (Wildman–Crippen LogP) is 4.55. The van der Waals surface area contributed by atoms with E-state index in [-0.39, 0.29) is 34.5 Å². The highest BCUT2D eigenvalue weighted by atomic mass is 35.5. The Balaban J connectivity index is 0.00000253. The molecule has 1 saturated heterocycles. The van der Waals surface area contributed by atoms with E-state index in [1.165, 1.54) is 17.2 Å². The van der Waals surface area contributed by atoms with Crippen LogP contribution in [0.15, 0.2) is 42.5 Å². The van der Waals surface area contributed by atoms with E-state index >= 15 is 4.39 Å². The lowest BCUT2D eigenvalue weighted by molar-refractivity contribution is -0.0277. The number of hydrogen-bond donors (Lipinski definition) is 1. The normalized spacial score (nSPS) is 28.8. The molecule has 190 valence electrons. The van der Waals surface area contributed by atoms with E-state index in [4.69, 9.17) is 4.74 Å². The predicted molar refractivity (Wildman–Crippen MR) is 138 cm³/mol. The van der Waals surface area contributed by atoms with Gasteiger partial charge in [-0.2, -0.15) is 0 Å². The van der Waals surface area contributed by atoms with Gasteiger partial charge in [0, 0.05) is 50.7 Å². The van der Waals surface area contributed by atoms with Crippen molar-refractivity contribution in [2.24, 2.45) is 11.8 Å². The molecule has 1 N–H and O–H groups in total. The Labute approximate surface area is 213 Å². The fraction of sp³-hybridized carbons (Fsp3) is 0.556. The third-order valence-electron chi connectivity index (χ3n) is 8.97. The van der Waals surface area contributed by atoms with Crippen molar-refractivity contribution >= 4 is 28.1 Å². The van der Waals surface area contributed by atoms with Gasteiger partial charge in [0.2, 0.25) is 10.0 Å². The molecular formula is C27H34ClFN2O3S. The molecule has 0 amide bonds. The van der Waals surface area contributed by atoms with Gasteiger partial charge >= 0.3 is 0 Å². The van der Waals surface area contributed by atoms with Crippen LogP contribution in [-0.4, -0.2) is 50.9 Å². The fourth-order valence-corrected chi connectivity index (χ4v) is 8.40. The van der Waals surface area contributed by atoms with Crippen molar-refractivity contribution < 1.29 is 17.5 Å². The topological polar surface area (TPSA) is 58.6 Å². The fourth-order valence-electron chi connectivity index (χ4n) is 7.02. The molecule has 35 heavy (non-hydrogen) atoms. The van der Waals surface area contributed by atoms with Crippen LogP contribution in [0.25, 0.3) is 0 Å². The van der Waals surface area contributed by atoms with Crippen molar-refractivity contribution in [2.75, 3.05) is 31.5 Å². The zero-order chi connectivity index (χ0) is 23.7. The summed E-state index contributed by atoms with van der Waals surface area (Å²) in [6.07, 6.45) is 4.13. The number of ether oxygens (including phenoxy) is 1. The van der Waals surface area contributed by atoms with Gasteiger partial charge in [-0.15, -0.1) is 12.4 Å². The lowest BCUT2D eigenvalue weighted by atomic mass is 9.86. The molecule has 1 heterocycles. The van der Waals surface area contributed by atoms with Gasteiger partial charge in [-0.05, 0) is 66.0 Å². The Morgan fingerprint density at radius 3 is 2.26 bits per heavy atom. The smallest absolute Gasteiger partial charge is 0.235 e. The largest absolute Gasteiger partial charge is 0.376 e. The van der Waals surface area contributed by atoms with Gasteiger partial charge in [-0.3, -0.25) is 9.62 Å². The minimum absolute atomic E-state index is 0. The van der Waals surface area contributed by atoms with Gasteiger partial charge in [0.1, 0.15) is 5.82 Å². The molecule has 2 unspecified atom stereocenters. The molecule has 3 fully saturated rings. The van der Waals surface area contributed by atoms with Crippen LogP contribution >= 0.6 is 12.4 Å². The van der Waals surface area contributed by atoms with Gasteiger partial charge in [0.15, 0.2) is 0 Å². The highest BCUT2D eigenvalue weighted by Gasteiger charge is 2.68. The van der Waals surface area contributed by atoms with Gasteiger partial charge in [-0.1, -0.05) is 31.2 Å². The van der Waals surface area contributed by atoms with Crippen molar-refractivity contribution in [1.82, 2.24) is 4.90 Å². The maximum absolute atomic E-state index is 15.1. The monoisotopic (exact) mass is 520 g/mol. The van der Waals surface area contributed by atoms with E-state index in [1.54, 1.807) is 12.1 Å². The summed E-state index contributed by atoms with van der Waals surface area (Å²) in [4.78, 5) is 2.50. The highest BCUT2D eigenvalue weighted by Crippen LogP contribution is 2.66. The summed E-state index contributed by atoms with van der Waals surface area (Å²) in [5.74, 6) is 0.553. The van der Waals surface area contributed by atoms with Crippen LogP contribution < -0.4 is 4.72 Å². The molecular weight excluding hydrogens is 487 g/mol. The van der Waals surface area contributed by atoms with Crippen LogP contribution in [0.4, 0.5) is 10.1 Å². The van der Waals surface area contributed by atoms with Crippen LogP contribution in [-0.2, 0) is 33.0 Å². The average Bonchev–Trinajstić information content (AvgIpc) is 3.69. The van der Waals surface area contributed by atoms with E-state index in [2.05, 4.69) is 40.8 Å². The molecule has 0 spiro atoms. The maximum Gasteiger partial charge on any atom is 0.235 e. The first-order valence-electron chi connectivity index (χ1n) is 12.5. The summed E-state index contributed by atoms with van der Waals surface area (Å²) in [5.41, 5.74) is 3.52. The molecule has 8 heteroatoms. The van der Waals surface area contributed by atoms with E-state index < -0.39 is 10.0 Å². The summed E-state index contributed by atoms with van der Waals surface area (Å²) in [6, 6.07) is 13.3. The lowest BCUT2D eigenvalue weighted by Gasteiger charge is -2.35. The molecule has 2 aromatic carbocycles. The summed E-state index contributed by atoms with van der Waals surface area (Å²) >= 11 is 0. The number of rotatable bonds is 8. The van der Waals surface area contributed by atoms with E-state index in [0.717, 1.165) is 38.9 Å². The number of methoxy groups -OCH3 is 1. The van der Waals surface area contributed by atoms with Crippen molar-refractivity contribution in [3.8, 4) is 0 Å². The summed E-state index contributed by atoms with van der Waals surface area (Å²) in [7, 11) is -1.55. The van der Waals surface area contributed by atoms with Gasteiger partial charge in [0.25, 0.3) is 0 Å². The molecule has 4 aliphatic rings. The molecule has 2 atom stereocenters. The number of likely N-dealkylation sites (tertiary alicyclic amines) is 1. The second kappa shape index (κ2) is 8.72. The molecule has 6 rings (SSSR count). The van der Waals surface area contributed by atoms with Gasteiger partial charge < -0.3 is 4.74 Å². The second-order valence-electron chi connectivity index (χ2n) is 10.9. The van der Waals surface area contributed by atoms with E-state index in [0.29, 0.717) is 35.9 Å². The number of halogens is 2. The average molecular weight is 521 g/mol. The SMILES string of the molecule is CCC1(c2cc(NS(=O)(=O)C3CC3)ccc2F)C2CN(CC3(OC)Cc4ccccc4C3)CC21.Cl. The standard InChI is InChI=1S/C27H33FN2O3S.ClH/c1-3-27(22-12-20(8-11-25(22)28)29-34(31,32)21-9-10-21)23-15-30(16-24(23)27)17-26(33-2)13-18-6-4-5-7-19(18)14-26;/h4-8,11-12,21,23-24,29H,3,9-10,13-17H2,1-2H3;1H. The molecule has 5 nitrogen and oxygen atoms in total. The molecule has 1 aliphatic heterocycles.